The number of hydrogen-bond acceptors (Lipinski definition) is 1. The fourth-order valence-electron chi connectivity index (χ4n) is 3.52. The molecule has 0 heterocycles. The number of carboxylic acid groups (broad SMARTS) is 1. The lowest BCUT2D eigenvalue weighted by molar-refractivity contribution is -0.144. The Bertz CT molecular complexity index is 287. The van der Waals surface area contributed by atoms with E-state index in [1.807, 2.05) is 0 Å². The number of aliphatic carboxylic acids is 1. The summed E-state index contributed by atoms with van der Waals surface area (Å²) in [5.74, 6) is -0.152. The Balaban J connectivity index is 1.82. The molecular formula is C19H36O2. The molecule has 0 aromatic carbocycles. The van der Waals surface area contributed by atoms with Crippen molar-refractivity contribution in [2.45, 2.75) is 104 Å². The van der Waals surface area contributed by atoms with E-state index >= 15 is 0 Å². The van der Waals surface area contributed by atoms with Gasteiger partial charge in [0.15, 0.2) is 0 Å². The first kappa shape index (κ1) is 18.5. The van der Waals surface area contributed by atoms with Gasteiger partial charge in [-0.05, 0) is 18.8 Å². The van der Waals surface area contributed by atoms with E-state index in [9.17, 15) is 9.90 Å². The highest BCUT2D eigenvalue weighted by atomic mass is 16.4. The lowest BCUT2D eigenvalue weighted by Gasteiger charge is -2.10. The molecule has 0 amide bonds. The van der Waals surface area contributed by atoms with Crippen LogP contribution in [0.15, 0.2) is 0 Å². The van der Waals surface area contributed by atoms with Crippen LogP contribution in [-0.4, -0.2) is 11.1 Å². The molecule has 1 rings (SSSR count). The lowest BCUT2D eigenvalue weighted by Crippen LogP contribution is -2.16. The molecule has 21 heavy (non-hydrogen) atoms. The van der Waals surface area contributed by atoms with Gasteiger partial charge in [-0.1, -0.05) is 90.9 Å². The summed E-state index contributed by atoms with van der Waals surface area (Å²) in [6.45, 7) is 4.34. The van der Waals surface area contributed by atoms with Gasteiger partial charge in [-0.3, -0.25) is 4.79 Å². The maximum Gasteiger partial charge on any atom is 0.309 e. The minimum absolute atomic E-state index is 0.335. The Hall–Kier alpha value is -0.530. The highest BCUT2D eigenvalue weighted by Crippen LogP contribution is 2.56. The maximum absolute atomic E-state index is 11.2. The second-order valence-electron chi connectivity index (χ2n) is 7.21. The molecule has 0 radical (unpaired) electrons. The normalized spacial score (nSPS) is 24.2. The molecule has 1 N–H and O–H groups in total. The fourth-order valence-corrected chi connectivity index (χ4v) is 3.52. The number of carboxylic acids is 1. The SMILES string of the molecule is CCCCCCCCCCCCCCC1(C(=O)O)CC1C. The first-order valence-electron chi connectivity index (χ1n) is 9.37. The zero-order chi connectivity index (χ0) is 15.6. The quantitative estimate of drug-likeness (QED) is 0.388. The standard InChI is InChI=1S/C19H36O2/c1-3-4-5-6-7-8-9-10-11-12-13-14-15-19(18(20)21)16-17(19)2/h17H,3-16H2,1-2H3,(H,20,21). The molecule has 124 valence electrons. The molecule has 1 aliphatic carbocycles. The molecular weight excluding hydrogens is 260 g/mol. The van der Waals surface area contributed by atoms with Gasteiger partial charge in [0.25, 0.3) is 0 Å². The maximum atomic E-state index is 11.2. The van der Waals surface area contributed by atoms with Crippen LogP contribution in [-0.2, 0) is 4.79 Å². The molecule has 0 aliphatic heterocycles. The van der Waals surface area contributed by atoms with E-state index in [2.05, 4.69) is 13.8 Å². The third-order valence-electron chi connectivity index (χ3n) is 5.36. The fraction of sp³-hybridized carbons (Fsp3) is 0.947. The first-order valence-corrected chi connectivity index (χ1v) is 9.37. The summed E-state index contributed by atoms with van der Waals surface area (Å²) in [5.41, 5.74) is -0.335. The molecule has 2 unspecified atom stereocenters. The van der Waals surface area contributed by atoms with Crippen LogP contribution in [0.4, 0.5) is 0 Å². The molecule has 0 bridgehead atoms. The van der Waals surface area contributed by atoms with Crippen LogP contribution in [0.3, 0.4) is 0 Å². The second-order valence-corrected chi connectivity index (χ2v) is 7.21. The molecule has 0 spiro atoms. The van der Waals surface area contributed by atoms with Crippen molar-refractivity contribution in [2.75, 3.05) is 0 Å². The Morgan fingerprint density at radius 1 is 0.905 bits per heavy atom. The van der Waals surface area contributed by atoms with E-state index in [1.165, 1.54) is 70.6 Å². The predicted molar refractivity (Wildman–Crippen MR) is 89.5 cm³/mol. The van der Waals surface area contributed by atoms with Gasteiger partial charge in [0.05, 0.1) is 5.41 Å². The summed E-state index contributed by atoms with van der Waals surface area (Å²) in [6.07, 6.45) is 17.9. The number of carbonyl (C=O) groups is 1. The van der Waals surface area contributed by atoms with Crippen LogP contribution in [0.2, 0.25) is 0 Å². The summed E-state index contributed by atoms with van der Waals surface area (Å²) in [4.78, 5) is 11.2. The van der Waals surface area contributed by atoms with E-state index in [0.29, 0.717) is 5.92 Å². The van der Waals surface area contributed by atoms with Crippen molar-refractivity contribution in [1.82, 2.24) is 0 Å². The molecule has 2 nitrogen and oxygen atoms in total. The largest absolute Gasteiger partial charge is 0.481 e. The van der Waals surface area contributed by atoms with Crippen molar-refractivity contribution in [3.05, 3.63) is 0 Å². The van der Waals surface area contributed by atoms with E-state index in [0.717, 1.165) is 19.3 Å². The van der Waals surface area contributed by atoms with Gasteiger partial charge in [0, 0.05) is 0 Å². The zero-order valence-corrected chi connectivity index (χ0v) is 14.3. The lowest BCUT2D eigenvalue weighted by atomic mass is 9.95. The van der Waals surface area contributed by atoms with Crippen LogP contribution in [0.5, 0.6) is 0 Å². The molecule has 2 heteroatoms. The van der Waals surface area contributed by atoms with E-state index in [1.54, 1.807) is 0 Å². The van der Waals surface area contributed by atoms with Gasteiger partial charge < -0.3 is 5.11 Å². The van der Waals surface area contributed by atoms with Crippen LogP contribution in [0, 0.1) is 11.3 Å². The summed E-state index contributed by atoms with van der Waals surface area (Å²) in [7, 11) is 0. The topological polar surface area (TPSA) is 37.3 Å². The first-order chi connectivity index (χ1) is 10.1. The molecule has 0 saturated heterocycles. The zero-order valence-electron chi connectivity index (χ0n) is 14.3. The van der Waals surface area contributed by atoms with E-state index < -0.39 is 5.97 Å². The van der Waals surface area contributed by atoms with Crippen molar-refractivity contribution in [1.29, 1.82) is 0 Å². The number of rotatable bonds is 14. The van der Waals surface area contributed by atoms with Crippen LogP contribution in [0.25, 0.3) is 0 Å². The van der Waals surface area contributed by atoms with Gasteiger partial charge in [-0.15, -0.1) is 0 Å². The molecule has 1 saturated carbocycles. The second kappa shape index (κ2) is 10.2. The van der Waals surface area contributed by atoms with Crippen molar-refractivity contribution in [2.24, 2.45) is 11.3 Å². The monoisotopic (exact) mass is 296 g/mol. The van der Waals surface area contributed by atoms with Crippen LogP contribution in [0.1, 0.15) is 104 Å². The van der Waals surface area contributed by atoms with E-state index in [-0.39, 0.29) is 5.41 Å². The average molecular weight is 296 g/mol. The highest BCUT2D eigenvalue weighted by molar-refractivity contribution is 5.78. The highest BCUT2D eigenvalue weighted by Gasteiger charge is 2.56. The van der Waals surface area contributed by atoms with Crippen LogP contribution < -0.4 is 0 Å². The Kier molecular flexibility index (Phi) is 9.03. The van der Waals surface area contributed by atoms with E-state index in [4.69, 9.17) is 0 Å². The minimum atomic E-state index is -0.557. The molecule has 1 fully saturated rings. The van der Waals surface area contributed by atoms with Gasteiger partial charge in [0.1, 0.15) is 0 Å². The molecule has 0 aromatic heterocycles. The Morgan fingerprint density at radius 2 is 1.29 bits per heavy atom. The van der Waals surface area contributed by atoms with Gasteiger partial charge in [-0.25, -0.2) is 0 Å². The Morgan fingerprint density at radius 3 is 1.62 bits per heavy atom. The third kappa shape index (κ3) is 6.84. The van der Waals surface area contributed by atoms with Gasteiger partial charge in [0.2, 0.25) is 0 Å². The van der Waals surface area contributed by atoms with Gasteiger partial charge >= 0.3 is 5.97 Å². The summed E-state index contributed by atoms with van der Waals surface area (Å²) in [5, 5.41) is 9.25. The van der Waals surface area contributed by atoms with Crippen molar-refractivity contribution < 1.29 is 9.90 Å². The summed E-state index contributed by atoms with van der Waals surface area (Å²) < 4.78 is 0. The number of unbranched alkanes of at least 4 members (excludes halogenated alkanes) is 11. The van der Waals surface area contributed by atoms with Crippen LogP contribution >= 0.6 is 0 Å². The molecule has 1 aliphatic rings. The Labute approximate surface area is 131 Å². The average Bonchev–Trinajstić information content (AvgIpc) is 3.12. The summed E-state index contributed by atoms with van der Waals surface area (Å²) in [6, 6.07) is 0. The van der Waals surface area contributed by atoms with Crippen molar-refractivity contribution >= 4 is 5.97 Å². The minimum Gasteiger partial charge on any atom is -0.481 e. The van der Waals surface area contributed by atoms with Crippen molar-refractivity contribution in [3.8, 4) is 0 Å². The molecule has 2 atom stereocenters. The van der Waals surface area contributed by atoms with Gasteiger partial charge in [-0.2, -0.15) is 0 Å². The number of hydrogen-bond donors (Lipinski definition) is 1. The predicted octanol–water partition coefficient (Wildman–Crippen LogP) is 6.19. The van der Waals surface area contributed by atoms with Crippen molar-refractivity contribution in [3.63, 3.8) is 0 Å². The third-order valence-corrected chi connectivity index (χ3v) is 5.36. The molecule has 0 aromatic rings. The smallest absolute Gasteiger partial charge is 0.309 e. The summed E-state index contributed by atoms with van der Waals surface area (Å²) >= 11 is 0.